The minimum atomic E-state index is -0.0928. The maximum atomic E-state index is 2.92. The number of hydrogen-bond acceptors (Lipinski definition) is 3. The summed E-state index contributed by atoms with van der Waals surface area (Å²) in [6.45, 7) is 52.8. The number of anilines is 8. The first-order valence-electron chi connectivity index (χ1n) is 32.9. The van der Waals surface area contributed by atoms with E-state index in [1.54, 1.807) is 22.3 Å². The SMILES string of the molecule is Cc1cc2c3c(c1)N(c1cc4c(cc1C)C(C)(C)CCC4(C)C)c1cc4c(cc1B3c1ccc(N3c5cc6c(cc5C5(C)CCCCC35C)C(C)(C)CCC6(C)C)cc1N2c1cc2c(cc1C)C(C)(C)CCC2(C)C)C(C)(C)CCC4(C)C. The summed E-state index contributed by atoms with van der Waals surface area (Å²) >= 11 is 0. The first-order valence-corrected chi connectivity index (χ1v) is 32.9. The number of nitrogens with zero attached hydrogens (tertiary/aromatic N) is 3. The quantitative estimate of drug-likeness (QED) is 0.163. The number of rotatable bonds is 3. The fraction of sp³-hybridized carbons (Fsp3) is 0.544. The van der Waals surface area contributed by atoms with Crippen molar-refractivity contribution in [3.05, 3.63) is 146 Å². The van der Waals surface area contributed by atoms with Crippen LogP contribution in [0.1, 0.15) is 268 Å². The maximum Gasteiger partial charge on any atom is 0.252 e. The largest absolute Gasteiger partial charge is 0.334 e. The second-order valence-corrected chi connectivity index (χ2v) is 34.5. The average Bonchev–Trinajstić information content (AvgIpc) is 1.79. The molecule has 1 fully saturated rings. The molecular formula is C79H100BN3. The van der Waals surface area contributed by atoms with Crippen molar-refractivity contribution in [3.8, 4) is 0 Å². The minimum Gasteiger partial charge on any atom is -0.334 e. The Hall–Kier alpha value is -5.22. The van der Waals surface area contributed by atoms with Crippen molar-refractivity contribution in [3.63, 3.8) is 0 Å². The summed E-state index contributed by atoms with van der Waals surface area (Å²) in [5.41, 5.74) is 33.7. The Balaban J connectivity index is 1.09. The average molecular weight is 1100 g/mol. The summed E-state index contributed by atoms with van der Waals surface area (Å²) in [5.74, 6) is 0. The number of aryl methyl sites for hydroxylation is 3. The summed E-state index contributed by atoms with van der Waals surface area (Å²) < 4.78 is 0. The maximum absolute atomic E-state index is 2.92. The molecule has 0 spiro atoms. The highest BCUT2D eigenvalue weighted by atomic mass is 15.3. The normalized spacial score (nSPS) is 26.1. The highest BCUT2D eigenvalue weighted by molar-refractivity contribution is 7.00. The van der Waals surface area contributed by atoms with Crippen molar-refractivity contribution in [1.82, 2.24) is 0 Å². The summed E-state index contributed by atoms with van der Waals surface area (Å²) in [7, 11) is 0. The third kappa shape index (κ3) is 7.60. The van der Waals surface area contributed by atoms with Crippen LogP contribution >= 0.6 is 0 Å². The van der Waals surface area contributed by atoms with Gasteiger partial charge in [-0.05, 0) is 267 Å². The fourth-order valence-electron chi connectivity index (χ4n) is 18.9. The van der Waals surface area contributed by atoms with Gasteiger partial charge in [0.1, 0.15) is 0 Å². The molecule has 0 bridgehead atoms. The van der Waals surface area contributed by atoms with Crippen molar-refractivity contribution >= 4 is 68.6 Å². The molecule has 434 valence electrons. The Morgan fingerprint density at radius 2 is 0.675 bits per heavy atom. The summed E-state index contributed by atoms with van der Waals surface area (Å²) in [6, 6.07) is 34.7. The number of hydrogen-bond donors (Lipinski definition) is 0. The van der Waals surface area contributed by atoms with Gasteiger partial charge in [0.05, 0.1) is 5.54 Å². The lowest BCUT2D eigenvalue weighted by molar-refractivity contribution is 0.194. The molecule has 83 heavy (non-hydrogen) atoms. The van der Waals surface area contributed by atoms with E-state index in [9.17, 15) is 0 Å². The van der Waals surface area contributed by atoms with Gasteiger partial charge in [-0.2, -0.15) is 0 Å². The van der Waals surface area contributed by atoms with E-state index < -0.39 is 0 Å². The molecular weight excluding hydrogens is 1000 g/mol. The molecule has 0 aromatic heterocycles. The molecule has 0 N–H and O–H groups in total. The summed E-state index contributed by atoms with van der Waals surface area (Å²) in [4.78, 5) is 8.52. The van der Waals surface area contributed by atoms with Gasteiger partial charge in [0, 0.05) is 50.9 Å². The van der Waals surface area contributed by atoms with Crippen molar-refractivity contribution in [1.29, 1.82) is 0 Å². The van der Waals surface area contributed by atoms with E-state index in [-0.39, 0.29) is 61.0 Å². The first-order chi connectivity index (χ1) is 38.5. The van der Waals surface area contributed by atoms with Crippen molar-refractivity contribution in [2.75, 3.05) is 14.7 Å². The minimum absolute atomic E-state index is 0.0141. The zero-order chi connectivity index (χ0) is 59.3. The Morgan fingerprint density at radius 1 is 0.313 bits per heavy atom. The molecule has 14 rings (SSSR count). The Morgan fingerprint density at radius 3 is 1.12 bits per heavy atom. The third-order valence-corrected chi connectivity index (χ3v) is 25.3. The van der Waals surface area contributed by atoms with E-state index in [4.69, 9.17) is 0 Å². The topological polar surface area (TPSA) is 9.72 Å². The molecule has 0 amide bonds. The van der Waals surface area contributed by atoms with E-state index in [2.05, 4.69) is 239 Å². The highest BCUT2D eigenvalue weighted by Gasteiger charge is 2.59. The van der Waals surface area contributed by atoms with E-state index >= 15 is 0 Å². The Kier molecular flexibility index (Phi) is 11.4. The van der Waals surface area contributed by atoms with Gasteiger partial charge < -0.3 is 14.7 Å². The van der Waals surface area contributed by atoms with Crippen molar-refractivity contribution < 1.29 is 0 Å². The van der Waals surface area contributed by atoms with Crippen LogP contribution in [0.15, 0.2) is 78.9 Å². The van der Waals surface area contributed by atoms with Gasteiger partial charge in [0.25, 0.3) is 6.71 Å². The molecule has 5 aliphatic carbocycles. The predicted octanol–water partition coefficient (Wildman–Crippen LogP) is 19.8. The van der Waals surface area contributed by atoms with Crippen LogP contribution in [0.5, 0.6) is 0 Å². The van der Waals surface area contributed by atoms with Gasteiger partial charge >= 0.3 is 0 Å². The fourth-order valence-corrected chi connectivity index (χ4v) is 18.9. The van der Waals surface area contributed by atoms with E-state index in [0.717, 1.165) is 0 Å². The predicted molar refractivity (Wildman–Crippen MR) is 359 cm³/mol. The Labute approximate surface area is 502 Å². The lowest BCUT2D eigenvalue weighted by Gasteiger charge is -2.51. The van der Waals surface area contributed by atoms with Crippen LogP contribution in [0.25, 0.3) is 0 Å². The molecule has 1 saturated carbocycles. The number of fused-ring (bicyclic) bond motifs is 11. The monoisotopic (exact) mass is 1100 g/mol. The molecule has 3 nitrogen and oxygen atoms in total. The molecule has 3 aliphatic heterocycles. The smallest absolute Gasteiger partial charge is 0.252 e. The van der Waals surface area contributed by atoms with Gasteiger partial charge in [-0.1, -0.05) is 161 Å². The third-order valence-electron chi connectivity index (χ3n) is 25.3. The van der Waals surface area contributed by atoms with Gasteiger partial charge in [-0.15, -0.1) is 0 Å². The first kappa shape index (κ1) is 55.6. The second kappa shape index (κ2) is 17.1. The molecule has 8 aliphatic rings. The Bertz CT molecular complexity index is 3810. The standard InChI is InChI=1S/C79H100BN3/c1-47-36-67-69-68(37-47)82(63-44-56-52(39-49(63)3)71(6,7)29-33-75(56,14)15)66-46-58-54(73(10,11)31-35-77(58,18)19)42-61(66)80(69)60-25-24-50(40-65(60)81(67)62-43-55-51(38-48(62)2)70(4,5)28-32-74(55,12)13)83-64-45-57-53(72(8,9)30-34-76(57,16)17)41-59(64)78(20)26-22-23-27-79(78,83)21/h24-25,36-46H,22-23,26-35H2,1-21H3. The van der Waals surface area contributed by atoms with E-state index in [1.807, 2.05) is 0 Å². The lowest BCUT2D eigenvalue weighted by Crippen LogP contribution is -2.62. The summed E-state index contributed by atoms with van der Waals surface area (Å²) in [5, 5.41) is 0. The van der Waals surface area contributed by atoms with Gasteiger partial charge in [0.2, 0.25) is 0 Å². The molecule has 4 heteroatoms. The zero-order valence-corrected chi connectivity index (χ0v) is 55.4. The molecule has 0 radical (unpaired) electrons. The van der Waals surface area contributed by atoms with Crippen LogP contribution in [0.2, 0.25) is 0 Å². The zero-order valence-electron chi connectivity index (χ0n) is 55.4. The molecule has 2 unspecified atom stereocenters. The lowest BCUT2D eigenvalue weighted by atomic mass is 9.33. The van der Waals surface area contributed by atoms with Crippen molar-refractivity contribution in [2.24, 2.45) is 0 Å². The van der Waals surface area contributed by atoms with Crippen LogP contribution in [-0.4, -0.2) is 12.3 Å². The van der Waals surface area contributed by atoms with Gasteiger partial charge in [0.15, 0.2) is 0 Å². The van der Waals surface area contributed by atoms with Crippen LogP contribution in [0, 0.1) is 20.8 Å². The van der Waals surface area contributed by atoms with Crippen LogP contribution in [-0.2, 0) is 48.7 Å². The van der Waals surface area contributed by atoms with Crippen LogP contribution < -0.4 is 31.1 Å². The molecule has 6 aromatic carbocycles. The second-order valence-electron chi connectivity index (χ2n) is 34.5. The van der Waals surface area contributed by atoms with Crippen LogP contribution in [0.3, 0.4) is 0 Å². The van der Waals surface area contributed by atoms with Gasteiger partial charge in [-0.3, -0.25) is 0 Å². The molecule has 2 atom stereocenters. The molecule has 0 saturated heterocycles. The highest BCUT2D eigenvalue weighted by Crippen LogP contribution is 2.64. The summed E-state index contributed by atoms with van der Waals surface area (Å²) in [6.07, 6.45) is 14.5. The van der Waals surface area contributed by atoms with Crippen LogP contribution in [0.4, 0.5) is 45.5 Å². The van der Waals surface area contributed by atoms with Gasteiger partial charge in [-0.25, -0.2) is 0 Å². The molecule has 6 aromatic rings. The van der Waals surface area contributed by atoms with E-state index in [0.29, 0.717) is 0 Å². The van der Waals surface area contributed by atoms with Crippen molar-refractivity contribution in [2.45, 2.75) is 277 Å². The van der Waals surface area contributed by atoms with E-state index in [1.165, 1.54) is 183 Å². The number of benzene rings is 6. The molecule has 3 heterocycles.